The molecule has 0 bridgehead atoms. The number of rotatable bonds is 17. The van der Waals surface area contributed by atoms with Gasteiger partial charge < -0.3 is 4.74 Å². The Kier molecular flexibility index (Phi) is 12.6. The van der Waals surface area contributed by atoms with Crippen molar-refractivity contribution in [3.63, 3.8) is 0 Å². The standard InChI is InChI=1S/C32H39F4NO/c1-2-20-37(22-23-38-32-19-18-29(35)24-31(32)36)21-8-6-4-3-5-7-9-30(25-10-14-27(33)15-11-25)26-12-16-28(34)17-13-26/h10-19,24,30H,2-9,20-23H2,1H3. The summed E-state index contributed by atoms with van der Waals surface area (Å²) in [5, 5.41) is 0. The molecule has 3 aromatic carbocycles. The Hall–Kier alpha value is -2.86. The molecule has 38 heavy (non-hydrogen) atoms. The smallest absolute Gasteiger partial charge is 0.167 e. The quantitative estimate of drug-likeness (QED) is 0.128. The number of hydrogen-bond donors (Lipinski definition) is 0. The largest absolute Gasteiger partial charge is 0.489 e. The van der Waals surface area contributed by atoms with Crippen LogP contribution in [-0.2, 0) is 0 Å². The van der Waals surface area contributed by atoms with Gasteiger partial charge in [0, 0.05) is 18.5 Å². The number of unbranched alkanes of at least 4 members (excludes halogenated alkanes) is 5. The second kappa shape index (κ2) is 16.2. The maximum absolute atomic E-state index is 13.7. The van der Waals surface area contributed by atoms with Crippen molar-refractivity contribution in [2.45, 2.75) is 64.2 Å². The lowest BCUT2D eigenvalue weighted by molar-refractivity contribution is 0.201. The van der Waals surface area contributed by atoms with Gasteiger partial charge in [-0.1, -0.05) is 63.3 Å². The van der Waals surface area contributed by atoms with E-state index in [-0.39, 0.29) is 23.3 Å². The summed E-state index contributed by atoms with van der Waals surface area (Å²) in [5.74, 6) is -1.57. The van der Waals surface area contributed by atoms with Crippen molar-refractivity contribution in [1.29, 1.82) is 0 Å². The highest BCUT2D eigenvalue weighted by molar-refractivity contribution is 5.32. The van der Waals surface area contributed by atoms with Crippen LogP contribution in [0.3, 0.4) is 0 Å². The summed E-state index contributed by atoms with van der Waals surface area (Å²) >= 11 is 0. The zero-order valence-corrected chi connectivity index (χ0v) is 22.3. The second-order valence-electron chi connectivity index (χ2n) is 9.83. The van der Waals surface area contributed by atoms with Crippen LogP contribution >= 0.6 is 0 Å². The lowest BCUT2D eigenvalue weighted by Gasteiger charge is -2.22. The SMILES string of the molecule is CCCN(CCCCCCCCC(c1ccc(F)cc1)c1ccc(F)cc1)CCOc1ccc(F)cc1F. The van der Waals surface area contributed by atoms with E-state index < -0.39 is 11.6 Å². The van der Waals surface area contributed by atoms with Gasteiger partial charge in [-0.25, -0.2) is 17.6 Å². The van der Waals surface area contributed by atoms with Gasteiger partial charge in [0.1, 0.15) is 24.1 Å². The van der Waals surface area contributed by atoms with Gasteiger partial charge in [-0.15, -0.1) is 0 Å². The van der Waals surface area contributed by atoms with Crippen molar-refractivity contribution >= 4 is 0 Å². The highest BCUT2D eigenvalue weighted by Crippen LogP contribution is 2.30. The Labute approximate surface area is 224 Å². The average molecular weight is 530 g/mol. The summed E-state index contributed by atoms with van der Waals surface area (Å²) in [5.41, 5.74) is 2.11. The molecule has 0 fully saturated rings. The molecule has 6 heteroatoms. The van der Waals surface area contributed by atoms with E-state index in [2.05, 4.69) is 11.8 Å². The van der Waals surface area contributed by atoms with E-state index in [0.29, 0.717) is 13.2 Å². The number of ether oxygens (including phenoxy) is 1. The van der Waals surface area contributed by atoms with Crippen molar-refractivity contribution in [1.82, 2.24) is 4.90 Å². The van der Waals surface area contributed by atoms with Gasteiger partial charge in [-0.3, -0.25) is 4.90 Å². The van der Waals surface area contributed by atoms with Crippen molar-refractivity contribution in [3.05, 3.63) is 101 Å². The van der Waals surface area contributed by atoms with Crippen molar-refractivity contribution < 1.29 is 22.3 Å². The van der Waals surface area contributed by atoms with Gasteiger partial charge in [-0.2, -0.15) is 0 Å². The zero-order chi connectivity index (χ0) is 27.2. The van der Waals surface area contributed by atoms with E-state index in [4.69, 9.17) is 4.74 Å². The lowest BCUT2D eigenvalue weighted by Crippen LogP contribution is -2.30. The number of nitrogens with zero attached hydrogens (tertiary/aromatic N) is 1. The fourth-order valence-corrected chi connectivity index (χ4v) is 4.84. The third-order valence-corrected chi connectivity index (χ3v) is 6.86. The van der Waals surface area contributed by atoms with Gasteiger partial charge in [-0.05, 0) is 79.9 Å². The fourth-order valence-electron chi connectivity index (χ4n) is 4.84. The van der Waals surface area contributed by atoms with Gasteiger partial charge in [0.15, 0.2) is 11.6 Å². The molecule has 2 nitrogen and oxygen atoms in total. The Bertz CT molecular complexity index is 1030. The molecule has 0 amide bonds. The van der Waals surface area contributed by atoms with Gasteiger partial charge in [0.05, 0.1) is 0 Å². The molecule has 3 aromatic rings. The molecule has 0 aliphatic carbocycles. The van der Waals surface area contributed by atoms with E-state index in [9.17, 15) is 17.6 Å². The molecule has 0 heterocycles. The van der Waals surface area contributed by atoms with Crippen LogP contribution in [0.1, 0.15) is 75.3 Å². The summed E-state index contributed by atoms with van der Waals surface area (Å²) in [6.45, 7) is 5.15. The lowest BCUT2D eigenvalue weighted by atomic mass is 9.86. The highest BCUT2D eigenvalue weighted by atomic mass is 19.1. The normalized spacial score (nSPS) is 11.4. The molecular weight excluding hydrogens is 490 g/mol. The first kappa shape index (κ1) is 29.7. The summed E-state index contributed by atoms with van der Waals surface area (Å²) in [4.78, 5) is 2.33. The minimum atomic E-state index is -0.673. The number of hydrogen-bond acceptors (Lipinski definition) is 2. The molecule has 0 aliphatic rings. The maximum atomic E-state index is 13.7. The molecular formula is C32H39F4NO. The van der Waals surface area contributed by atoms with Gasteiger partial charge in [0.2, 0.25) is 0 Å². The van der Waals surface area contributed by atoms with Crippen LogP contribution in [0.25, 0.3) is 0 Å². The molecule has 0 aliphatic heterocycles. The third-order valence-electron chi connectivity index (χ3n) is 6.86. The van der Waals surface area contributed by atoms with E-state index in [1.165, 1.54) is 36.4 Å². The van der Waals surface area contributed by atoms with Crippen LogP contribution in [0.4, 0.5) is 17.6 Å². The van der Waals surface area contributed by atoms with Gasteiger partial charge in [0.25, 0.3) is 0 Å². The first-order valence-electron chi connectivity index (χ1n) is 13.8. The summed E-state index contributed by atoms with van der Waals surface area (Å²) in [6.07, 6.45) is 8.71. The second-order valence-corrected chi connectivity index (χ2v) is 9.83. The van der Waals surface area contributed by atoms with Gasteiger partial charge >= 0.3 is 0 Å². The third kappa shape index (κ3) is 10.1. The topological polar surface area (TPSA) is 12.5 Å². The van der Waals surface area contributed by atoms with E-state index in [1.54, 1.807) is 0 Å². The predicted octanol–water partition coefficient (Wildman–Crippen LogP) is 8.90. The van der Waals surface area contributed by atoms with Crippen LogP contribution in [0.5, 0.6) is 5.75 Å². The van der Waals surface area contributed by atoms with Crippen molar-refractivity contribution in [3.8, 4) is 5.75 Å². The zero-order valence-electron chi connectivity index (χ0n) is 22.3. The molecule has 3 rings (SSSR count). The maximum Gasteiger partial charge on any atom is 0.167 e. The van der Waals surface area contributed by atoms with E-state index in [1.807, 2.05) is 24.3 Å². The predicted molar refractivity (Wildman–Crippen MR) is 146 cm³/mol. The molecule has 206 valence electrons. The van der Waals surface area contributed by atoms with Crippen LogP contribution in [0, 0.1) is 23.3 Å². The molecule has 0 saturated heterocycles. The highest BCUT2D eigenvalue weighted by Gasteiger charge is 2.14. The molecule has 0 saturated carbocycles. The van der Waals surface area contributed by atoms with E-state index in [0.717, 1.165) is 81.6 Å². The van der Waals surface area contributed by atoms with Crippen molar-refractivity contribution in [2.75, 3.05) is 26.2 Å². The molecule has 0 radical (unpaired) electrons. The minimum absolute atomic E-state index is 0.0870. The summed E-state index contributed by atoms with van der Waals surface area (Å²) in [7, 11) is 0. The first-order chi connectivity index (χ1) is 18.5. The minimum Gasteiger partial charge on any atom is -0.489 e. The molecule has 0 unspecified atom stereocenters. The Balaban J connectivity index is 1.34. The van der Waals surface area contributed by atoms with Crippen molar-refractivity contribution in [2.24, 2.45) is 0 Å². The average Bonchev–Trinajstić information content (AvgIpc) is 2.90. The molecule has 0 N–H and O–H groups in total. The number of halogens is 4. The molecule has 0 atom stereocenters. The summed E-state index contributed by atoms with van der Waals surface area (Å²) in [6, 6.07) is 16.6. The Morgan fingerprint density at radius 3 is 1.76 bits per heavy atom. The fraction of sp³-hybridized carbons (Fsp3) is 0.438. The van der Waals surface area contributed by atoms with E-state index >= 15 is 0 Å². The van der Waals surface area contributed by atoms with Crippen LogP contribution in [0.2, 0.25) is 0 Å². The van der Waals surface area contributed by atoms with Crippen LogP contribution in [0.15, 0.2) is 66.7 Å². The molecule has 0 aromatic heterocycles. The van der Waals surface area contributed by atoms with Crippen LogP contribution < -0.4 is 4.74 Å². The Morgan fingerprint density at radius 1 is 0.632 bits per heavy atom. The number of benzene rings is 3. The summed E-state index contributed by atoms with van der Waals surface area (Å²) < 4.78 is 59.2. The first-order valence-corrected chi connectivity index (χ1v) is 13.8. The van der Waals surface area contributed by atoms with Crippen LogP contribution in [-0.4, -0.2) is 31.1 Å². The monoisotopic (exact) mass is 529 g/mol. The Morgan fingerprint density at radius 2 is 1.18 bits per heavy atom. The molecule has 0 spiro atoms.